The highest BCUT2D eigenvalue weighted by Crippen LogP contribution is 2.06. The van der Waals surface area contributed by atoms with Crippen LogP contribution in [0.4, 0.5) is 0 Å². The Morgan fingerprint density at radius 2 is 1.95 bits per heavy atom. The number of hydrogen-bond acceptors (Lipinski definition) is 2. The number of benzene rings is 1. The summed E-state index contributed by atoms with van der Waals surface area (Å²) in [5.41, 5.74) is 1.53. The summed E-state index contributed by atoms with van der Waals surface area (Å²) >= 11 is 0. The van der Waals surface area contributed by atoms with E-state index in [2.05, 4.69) is 25.2 Å². The number of rotatable bonds is 6. The van der Waals surface area contributed by atoms with Crippen LogP contribution < -0.4 is 5.32 Å². The molecular formula is C16H20N2O. The quantitative estimate of drug-likeness (QED) is 0.795. The number of carbonyl (C=O) groups excluding carboxylic acids is 1. The SMILES string of the molecule is CCC(CC)CNC(=O)/C=C/c1ccc(C#N)cc1. The van der Waals surface area contributed by atoms with E-state index in [1.807, 2.05) is 12.1 Å². The smallest absolute Gasteiger partial charge is 0.244 e. The van der Waals surface area contributed by atoms with Crippen molar-refractivity contribution < 1.29 is 4.79 Å². The molecule has 0 fully saturated rings. The number of nitrogens with zero attached hydrogens (tertiary/aromatic N) is 1. The summed E-state index contributed by atoms with van der Waals surface area (Å²) < 4.78 is 0. The van der Waals surface area contributed by atoms with E-state index >= 15 is 0 Å². The van der Waals surface area contributed by atoms with Crippen molar-refractivity contribution in [1.29, 1.82) is 5.26 Å². The summed E-state index contributed by atoms with van der Waals surface area (Å²) in [6.45, 7) is 4.99. The minimum Gasteiger partial charge on any atom is -0.352 e. The zero-order valence-corrected chi connectivity index (χ0v) is 11.5. The summed E-state index contributed by atoms with van der Waals surface area (Å²) in [4.78, 5) is 11.6. The van der Waals surface area contributed by atoms with E-state index in [1.165, 1.54) is 6.08 Å². The van der Waals surface area contributed by atoms with E-state index in [9.17, 15) is 4.79 Å². The van der Waals surface area contributed by atoms with Gasteiger partial charge >= 0.3 is 0 Å². The number of nitrogens with one attached hydrogen (secondary N) is 1. The average Bonchev–Trinajstić information content (AvgIpc) is 2.46. The Kier molecular flexibility index (Phi) is 6.38. The topological polar surface area (TPSA) is 52.9 Å². The van der Waals surface area contributed by atoms with Gasteiger partial charge in [0.25, 0.3) is 0 Å². The fourth-order valence-corrected chi connectivity index (χ4v) is 1.72. The lowest BCUT2D eigenvalue weighted by molar-refractivity contribution is -0.116. The molecule has 1 rings (SSSR count). The first-order valence-electron chi connectivity index (χ1n) is 6.65. The maximum Gasteiger partial charge on any atom is 0.244 e. The molecule has 0 heterocycles. The van der Waals surface area contributed by atoms with Crippen molar-refractivity contribution in [3.63, 3.8) is 0 Å². The summed E-state index contributed by atoms with van der Waals surface area (Å²) in [5, 5.41) is 11.6. The van der Waals surface area contributed by atoms with Crippen LogP contribution in [-0.4, -0.2) is 12.5 Å². The molecule has 0 aliphatic carbocycles. The second-order valence-corrected chi connectivity index (χ2v) is 4.49. The van der Waals surface area contributed by atoms with Crippen LogP contribution in [0.5, 0.6) is 0 Å². The van der Waals surface area contributed by atoms with Crippen LogP contribution in [0.3, 0.4) is 0 Å². The minimum absolute atomic E-state index is 0.0729. The first kappa shape index (κ1) is 15.0. The third-order valence-electron chi connectivity index (χ3n) is 3.19. The molecule has 3 nitrogen and oxygen atoms in total. The van der Waals surface area contributed by atoms with Crippen molar-refractivity contribution in [2.45, 2.75) is 26.7 Å². The highest BCUT2D eigenvalue weighted by Gasteiger charge is 2.04. The van der Waals surface area contributed by atoms with Crippen LogP contribution in [0.1, 0.15) is 37.8 Å². The third kappa shape index (κ3) is 5.39. The van der Waals surface area contributed by atoms with E-state index in [1.54, 1.807) is 18.2 Å². The van der Waals surface area contributed by atoms with Crippen molar-refractivity contribution in [2.24, 2.45) is 5.92 Å². The highest BCUT2D eigenvalue weighted by atomic mass is 16.1. The Bertz CT molecular complexity index is 465. The third-order valence-corrected chi connectivity index (χ3v) is 3.19. The standard InChI is InChI=1S/C16H20N2O/c1-3-13(4-2)12-18-16(19)10-9-14-5-7-15(11-17)8-6-14/h5-10,13H,3-4,12H2,1-2H3,(H,18,19)/b10-9+. The molecule has 1 N–H and O–H groups in total. The Labute approximate surface area is 114 Å². The van der Waals surface area contributed by atoms with Crippen molar-refractivity contribution in [3.8, 4) is 6.07 Å². The van der Waals surface area contributed by atoms with Gasteiger partial charge in [-0.2, -0.15) is 5.26 Å². The lowest BCUT2D eigenvalue weighted by Gasteiger charge is -2.11. The molecule has 0 bridgehead atoms. The van der Waals surface area contributed by atoms with E-state index in [0.717, 1.165) is 24.9 Å². The molecule has 0 saturated carbocycles. The van der Waals surface area contributed by atoms with E-state index in [4.69, 9.17) is 5.26 Å². The minimum atomic E-state index is -0.0729. The van der Waals surface area contributed by atoms with Gasteiger partial charge in [0.15, 0.2) is 0 Å². The summed E-state index contributed by atoms with van der Waals surface area (Å²) in [6, 6.07) is 9.18. The lowest BCUT2D eigenvalue weighted by Crippen LogP contribution is -2.27. The maximum absolute atomic E-state index is 11.6. The molecule has 100 valence electrons. The molecule has 1 aromatic carbocycles. The fraction of sp³-hybridized carbons (Fsp3) is 0.375. The Morgan fingerprint density at radius 1 is 1.32 bits per heavy atom. The van der Waals surface area contributed by atoms with Crippen LogP contribution in [0.2, 0.25) is 0 Å². The van der Waals surface area contributed by atoms with Crippen molar-refractivity contribution in [1.82, 2.24) is 5.32 Å². The maximum atomic E-state index is 11.6. The first-order valence-corrected chi connectivity index (χ1v) is 6.65. The van der Waals surface area contributed by atoms with E-state index in [-0.39, 0.29) is 5.91 Å². The Balaban J connectivity index is 2.47. The van der Waals surface area contributed by atoms with Gasteiger partial charge in [-0.3, -0.25) is 4.79 Å². The van der Waals surface area contributed by atoms with Gasteiger partial charge in [0, 0.05) is 12.6 Å². The second kappa shape index (κ2) is 8.10. The molecule has 0 atom stereocenters. The lowest BCUT2D eigenvalue weighted by atomic mass is 10.0. The molecule has 1 aromatic rings. The van der Waals surface area contributed by atoms with Gasteiger partial charge in [0.2, 0.25) is 5.91 Å². The van der Waals surface area contributed by atoms with Gasteiger partial charge in [0.05, 0.1) is 11.6 Å². The summed E-state index contributed by atoms with van der Waals surface area (Å²) in [6.07, 6.45) is 5.44. The number of carbonyl (C=O) groups is 1. The van der Waals surface area contributed by atoms with Gasteiger partial charge in [0.1, 0.15) is 0 Å². The number of amides is 1. The van der Waals surface area contributed by atoms with Crippen LogP contribution in [0.25, 0.3) is 6.08 Å². The van der Waals surface area contributed by atoms with Gasteiger partial charge in [-0.1, -0.05) is 38.8 Å². The highest BCUT2D eigenvalue weighted by molar-refractivity contribution is 5.91. The Hall–Kier alpha value is -2.08. The first-order chi connectivity index (χ1) is 9.19. The number of nitriles is 1. The molecule has 0 spiro atoms. The fourth-order valence-electron chi connectivity index (χ4n) is 1.72. The van der Waals surface area contributed by atoms with Gasteiger partial charge in [-0.25, -0.2) is 0 Å². The van der Waals surface area contributed by atoms with Crippen molar-refractivity contribution in [3.05, 3.63) is 41.5 Å². The van der Waals surface area contributed by atoms with Gasteiger partial charge < -0.3 is 5.32 Å². The van der Waals surface area contributed by atoms with Crippen LogP contribution in [0, 0.1) is 17.2 Å². The van der Waals surface area contributed by atoms with E-state index < -0.39 is 0 Å². The molecule has 0 aromatic heterocycles. The molecule has 0 aliphatic heterocycles. The van der Waals surface area contributed by atoms with Crippen LogP contribution in [-0.2, 0) is 4.79 Å². The van der Waals surface area contributed by atoms with Gasteiger partial charge in [-0.05, 0) is 29.7 Å². The van der Waals surface area contributed by atoms with Crippen LogP contribution >= 0.6 is 0 Å². The normalized spacial score (nSPS) is 10.6. The Morgan fingerprint density at radius 3 is 2.47 bits per heavy atom. The van der Waals surface area contributed by atoms with E-state index in [0.29, 0.717) is 11.5 Å². The summed E-state index contributed by atoms with van der Waals surface area (Å²) in [5.74, 6) is 0.475. The zero-order valence-electron chi connectivity index (χ0n) is 11.5. The van der Waals surface area contributed by atoms with Crippen LogP contribution in [0.15, 0.2) is 30.3 Å². The zero-order chi connectivity index (χ0) is 14.1. The number of hydrogen-bond donors (Lipinski definition) is 1. The molecular weight excluding hydrogens is 236 g/mol. The predicted molar refractivity (Wildman–Crippen MR) is 77.3 cm³/mol. The molecule has 0 saturated heterocycles. The van der Waals surface area contributed by atoms with Gasteiger partial charge in [-0.15, -0.1) is 0 Å². The summed E-state index contributed by atoms with van der Waals surface area (Å²) in [7, 11) is 0. The molecule has 3 heteroatoms. The molecule has 19 heavy (non-hydrogen) atoms. The largest absolute Gasteiger partial charge is 0.352 e. The molecule has 0 unspecified atom stereocenters. The van der Waals surface area contributed by atoms with Crippen molar-refractivity contribution >= 4 is 12.0 Å². The second-order valence-electron chi connectivity index (χ2n) is 4.49. The molecule has 0 aliphatic rings. The molecule has 0 radical (unpaired) electrons. The monoisotopic (exact) mass is 256 g/mol. The predicted octanol–water partition coefficient (Wildman–Crippen LogP) is 3.12. The average molecular weight is 256 g/mol. The molecule has 1 amide bonds. The van der Waals surface area contributed by atoms with Crippen molar-refractivity contribution in [2.75, 3.05) is 6.54 Å².